The maximum absolute atomic E-state index is 13.0. The second-order valence-corrected chi connectivity index (χ2v) is 6.12. The van der Waals surface area contributed by atoms with Crippen LogP contribution in [0.15, 0.2) is 24.3 Å². The number of anilines is 1. The molecule has 0 spiro atoms. The Kier molecular flexibility index (Phi) is 4.09. The first-order chi connectivity index (χ1) is 11.4. The number of carbonyl (C=O) groups is 1. The fraction of sp³-hybridized carbons (Fsp3) is 0.412. The summed E-state index contributed by atoms with van der Waals surface area (Å²) in [6, 6.07) is 7.28. The van der Waals surface area contributed by atoms with Gasteiger partial charge in [0.25, 0.3) is 5.91 Å². The van der Waals surface area contributed by atoms with Crippen LogP contribution in [-0.2, 0) is 11.2 Å². The van der Waals surface area contributed by atoms with Crippen molar-refractivity contribution in [1.29, 1.82) is 0 Å². The van der Waals surface area contributed by atoms with Crippen molar-refractivity contribution in [2.24, 2.45) is 0 Å². The minimum absolute atomic E-state index is 0.0197. The van der Waals surface area contributed by atoms with Gasteiger partial charge in [-0.3, -0.25) is 19.6 Å². The van der Waals surface area contributed by atoms with Crippen LogP contribution < -0.4 is 4.90 Å². The van der Waals surface area contributed by atoms with Crippen LogP contribution in [0, 0.1) is 24.0 Å². The Bertz CT molecular complexity index is 812. The molecular weight excluding hydrogens is 308 g/mol. The monoisotopic (exact) mass is 328 g/mol. The minimum Gasteiger partial charge on any atom is -0.310 e. The normalized spacial score (nSPS) is 15.0. The summed E-state index contributed by atoms with van der Waals surface area (Å²) in [6.45, 7) is 5.62. The van der Waals surface area contributed by atoms with E-state index in [1.54, 1.807) is 25.7 Å². The van der Waals surface area contributed by atoms with Gasteiger partial charge in [-0.1, -0.05) is 18.2 Å². The molecule has 7 nitrogen and oxygen atoms in total. The van der Waals surface area contributed by atoms with Crippen molar-refractivity contribution in [2.45, 2.75) is 39.7 Å². The topological polar surface area (TPSA) is 81.3 Å². The molecule has 1 aromatic heterocycles. The van der Waals surface area contributed by atoms with E-state index in [1.807, 2.05) is 24.3 Å². The molecule has 2 heterocycles. The highest BCUT2D eigenvalue weighted by Gasteiger charge is 2.31. The number of amides is 1. The van der Waals surface area contributed by atoms with Crippen molar-refractivity contribution < 1.29 is 9.72 Å². The SMILES string of the molecule is Cc1nn([C@H](C)C(=O)N2CCCc3ccccc32)c(C)c1[N+](=O)[O-]. The third kappa shape index (κ3) is 2.55. The van der Waals surface area contributed by atoms with E-state index in [0.717, 1.165) is 24.1 Å². The van der Waals surface area contributed by atoms with Gasteiger partial charge in [0.05, 0.1) is 4.92 Å². The van der Waals surface area contributed by atoms with Crippen LogP contribution in [0.3, 0.4) is 0 Å². The molecule has 1 aromatic carbocycles. The zero-order chi connectivity index (χ0) is 17.4. The molecule has 0 saturated carbocycles. The van der Waals surface area contributed by atoms with Gasteiger partial charge in [-0.2, -0.15) is 5.10 Å². The minimum atomic E-state index is -0.594. The highest BCUT2D eigenvalue weighted by Crippen LogP contribution is 2.30. The van der Waals surface area contributed by atoms with Gasteiger partial charge in [-0.05, 0) is 45.2 Å². The number of para-hydroxylation sites is 1. The van der Waals surface area contributed by atoms with Crippen LogP contribution in [0.1, 0.15) is 36.3 Å². The van der Waals surface area contributed by atoms with Gasteiger partial charge in [0.1, 0.15) is 17.4 Å². The van der Waals surface area contributed by atoms with Crippen molar-refractivity contribution in [3.8, 4) is 0 Å². The van der Waals surface area contributed by atoms with Crippen molar-refractivity contribution in [2.75, 3.05) is 11.4 Å². The Balaban J connectivity index is 1.95. The van der Waals surface area contributed by atoms with Crippen LogP contribution in [0.4, 0.5) is 11.4 Å². The molecule has 2 aromatic rings. The van der Waals surface area contributed by atoms with Crippen LogP contribution >= 0.6 is 0 Å². The van der Waals surface area contributed by atoms with Crippen LogP contribution in [0.5, 0.6) is 0 Å². The predicted molar refractivity (Wildman–Crippen MR) is 90.2 cm³/mol. The number of carbonyl (C=O) groups excluding carboxylic acids is 1. The Morgan fingerprint density at radius 2 is 2.04 bits per heavy atom. The van der Waals surface area contributed by atoms with Gasteiger partial charge in [0.15, 0.2) is 0 Å². The summed E-state index contributed by atoms with van der Waals surface area (Å²) in [4.78, 5) is 25.5. The first-order valence-corrected chi connectivity index (χ1v) is 8.01. The molecule has 0 radical (unpaired) electrons. The van der Waals surface area contributed by atoms with E-state index in [2.05, 4.69) is 5.10 Å². The van der Waals surface area contributed by atoms with Crippen molar-refractivity contribution in [3.05, 3.63) is 51.3 Å². The lowest BCUT2D eigenvalue weighted by Gasteiger charge is -2.31. The molecule has 24 heavy (non-hydrogen) atoms. The van der Waals surface area contributed by atoms with Gasteiger partial charge in [-0.15, -0.1) is 0 Å². The second-order valence-electron chi connectivity index (χ2n) is 6.12. The third-order valence-electron chi connectivity index (χ3n) is 4.57. The maximum atomic E-state index is 13.0. The van der Waals surface area contributed by atoms with E-state index in [1.165, 1.54) is 4.68 Å². The van der Waals surface area contributed by atoms with E-state index in [4.69, 9.17) is 0 Å². The number of fused-ring (bicyclic) bond motifs is 1. The largest absolute Gasteiger partial charge is 0.312 e. The third-order valence-corrected chi connectivity index (χ3v) is 4.57. The predicted octanol–water partition coefficient (Wildman–Crippen LogP) is 2.95. The molecule has 0 aliphatic carbocycles. The first kappa shape index (κ1) is 16.2. The summed E-state index contributed by atoms with van der Waals surface area (Å²) in [5.41, 5.74) is 2.80. The molecule has 126 valence electrons. The van der Waals surface area contributed by atoms with Crippen LogP contribution in [0.25, 0.3) is 0 Å². The summed E-state index contributed by atoms with van der Waals surface area (Å²) >= 11 is 0. The average Bonchev–Trinajstić information content (AvgIpc) is 2.87. The summed E-state index contributed by atoms with van der Waals surface area (Å²) < 4.78 is 1.47. The van der Waals surface area contributed by atoms with E-state index in [9.17, 15) is 14.9 Å². The number of hydrogen-bond acceptors (Lipinski definition) is 4. The lowest BCUT2D eigenvalue weighted by molar-refractivity contribution is -0.386. The molecule has 0 N–H and O–H groups in total. The van der Waals surface area contributed by atoms with E-state index in [-0.39, 0.29) is 11.6 Å². The fourth-order valence-electron chi connectivity index (χ4n) is 3.39. The number of hydrogen-bond donors (Lipinski definition) is 0. The standard InChI is InChI=1S/C17H20N4O3/c1-11-16(21(23)24)12(2)20(18-11)13(3)17(22)19-10-6-8-14-7-4-5-9-15(14)19/h4-5,7,9,13H,6,8,10H2,1-3H3/t13-/m1/s1. The smallest absolute Gasteiger partial charge is 0.310 e. The number of aryl methyl sites for hydroxylation is 2. The fourth-order valence-corrected chi connectivity index (χ4v) is 3.39. The van der Waals surface area contributed by atoms with Gasteiger partial charge in [0.2, 0.25) is 0 Å². The molecule has 0 bridgehead atoms. The summed E-state index contributed by atoms with van der Waals surface area (Å²) in [6.07, 6.45) is 1.87. The molecule has 0 unspecified atom stereocenters. The average molecular weight is 328 g/mol. The maximum Gasteiger partial charge on any atom is 0.312 e. The zero-order valence-electron chi connectivity index (χ0n) is 14.0. The Labute approximate surface area is 140 Å². The molecule has 1 amide bonds. The van der Waals surface area contributed by atoms with Crippen molar-refractivity contribution in [3.63, 3.8) is 0 Å². The van der Waals surface area contributed by atoms with Crippen LogP contribution in [-0.4, -0.2) is 27.2 Å². The number of benzene rings is 1. The number of nitro groups is 1. The van der Waals surface area contributed by atoms with Crippen LogP contribution in [0.2, 0.25) is 0 Å². The molecule has 0 fully saturated rings. The molecule has 1 atom stereocenters. The highest BCUT2D eigenvalue weighted by molar-refractivity contribution is 5.97. The summed E-state index contributed by atoms with van der Waals surface area (Å²) in [5, 5.41) is 15.4. The van der Waals surface area contributed by atoms with Gasteiger partial charge < -0.3 is 4.90 Å². The van der Waals surface area contributed by atoms with Gasteiger partial charge in [0, 0.05) is 12.2 Å². The lowest BCUT2D eigenvalue weighted by atomic mass is 10.0. The van der Waals surface area contributed by atoms with E-state index in [0.29, 0.717) is 17.9 Å². The molecule has 1 aliphatic heterocycles. The Morgan fingerprint density at radius 3 is 2.71 bits per heavy atom. The zero-order valence-corrected chi connectivity index (χ0v) is 14.0. The number of aromatic nitrogens is 2. The molecular formula is C17H20N4O3. The Hall–Kier alpha value is -2.70. The summed E-state index contributed by atoms with van der Waals surface area (Å²) in [5.74, 6) is -0.0948. The summed E-state index contributed by atoms with van der Waals surface area (Å²) in [7, 11) is 0. The van der Waals surface area contributed by atoms with E-state index >= 15 is 0 Å². The van der Waals surface area contributed by atoms with Gasteiger partial charge in [-0.25, -0.2) is 0 Å². The lowest BCUT2D eigenvalue weighted by Crippen LogP contribution is -2.40. The second kappa shape index (κ2) is 6.07. The molecule has 7 heteroatoms. The van der Waals surface area contributed by atoms with Crippen molar-refractivity contribution in [1.82, 2.24) is 9.78 Å². The number of nitrogens with zero attached hydrogens (tertiary/aromatic N) is 4. The Morgan fingerprint density at radius 1 is 1.33 bits per heavy atom. The van der Waals surface area contributed by atoms with Crippen molar-refractivity contribution >= 4 is 17.3 Å². The highest BCUT2D eigenvalue weighted by atomic mass is 16.6. The quantitative estimate of drug-likeness (QED) is 0.641. The molecule has 1 aliphatic rings. The van der Waals surface area contributed by atoms with E-state index < -0.39 is 11.0 Å². The first-order valence-electron chi connectivity index (χ1n) is 8.01. The van der Waals surface area contributed by atoms with Gasteiger partial charge >= 0.3 is 5.69 Å². The molecule has 3 rings (SSSR count). The number of rotatable bonds is 3. The molecule has 0 saturated heterocycles.